The Hall–Kier alpha value is -1.14. The first-order chi connectivity index (χ1) is 11.2. The molecule has 124 valence electrons. The van der Waals surface area contributed by atoms with Crippen LogP contribution in [-0.4, -0.2) is 64.7 Å². The van der Waals surface area contributed by atoms with Gasteiger partial charge in [0.2, 0.25) is 0 Å². The van der Waals surface area contributed by atoms with Gasteiger partial charge in [0.1, 0.15) is 5.82 Å². The summed E-state index contributed by atoms with van der Waals surface area (Å²) in [5.41, 5.74) is 2.15. The van der Waals surface area contributed by atoms with E-state index in [2.05, 4.69) is 32.8 Å². The Morgan fingerprint density at radius 2 is 2.09 bits per heavy atom. The van der Waals surface area contributed by atoms with Crippen molar-refractivity contribution in [2.45, 2.75) is 19.0 Å². The summed E-state index contributed by atoms with van der Waals surface area (Å²) in [6, 6.07) is 6.66. The molecule has 0 amide bonds. The molecular weight excluding hydrogens is 310 g/mol. The molecule has 1 unspecified atom stereocenters. The van der Waals surface area contributed by atoms with Crippen molar-refractivity contribution in [2.24, 2.45) is 7.05 Å². The number of nitrogens with zero attached hydrogens (tertiary/aromatic N) is 4. The van der Waals surface area contributed by atoms with Crippen LogP contribution in [0.15, 0.2) is 18.2 Å². The molecule has 6 heteroatoms. The number of likely N-dealkylation sites (tertiary alicyclic amines) is 1. The fraction of sp³-hybridized carbons (Fsp3) is 0.588. The van der Waals surface area contributed by atoms with Crippen LogP contribution < -0.4 is 5.32 Å². The molecule has 2 saturated heterocycles. The van der Waals surface area contributed by atoms with E-state index in [-0.39, 0.29) is 0 Å². The average Bonchev–Trinajstić information content (AvgIpc) is 3.14. The predicted octanol–water partition coefficient (Wildman–Crippen LogP) is 1.71. The van der Waals surface area contributed by atoms with Crippen molar-refractivity contribution in [3.05, 3.63) is 29.0 Å². The van der Waals surface area contributed by atoms with Crippen molar-refractivity contribution in [3.8, 4) is 0 Å². The van der Waals surface area contributed by atoms with Crippen molar-refractivity contribution in [1.82, 2.24) is 24.7 Å². The van der Waals surface area contributed by atoms with Crippen LogP contribution in [0.5, 0.6) is 0 Å². The molecule has 2 aliphatic rings. The number of imidazole rings is 1. The van der Waals surface area contributed by atoms with Gasteiger partial charge in [0, 0.05) is 57.4 Å². The van der Waals surface area contributed by atoms with Crippen LogP contribution in [0, 0.1) is 0 Å². The summed E-state index contributed by atoms with van der Waals surface area (Å²) < 4.78 is 2.20. The van der Waals surface area contributed by atoms with Crippen molar-refractivity contribution in [1.29, 1.82) is 0 Å². The van der Waals surface area contributed by atoms with Crippen molar-refractivity contribution < 1.29 is 0 Å². The first kappa shape index (κ1) is 15.4. The molecule has 0 aliphatic carbocycles. The number of hydrogen-bond donors (Lipinski definition) is 1. The summed E-state index contributed by atoms with van der Waals surface area (Å²) in [4.78, 5) is 9.97. The maximum absolute atomic E-state index is 6.09. The molecule has 0 radical (unpaired) electrons. The second-order valence-corrected chi connectivity index (χ2v) is 7.12. The molecule has 0 spiro atoms. The molecular formula is C17H24ClN5. The summed E-state index contributed by atoms with van der Waals surface area (Å²) in [5, 5.41) is 4.19. The van der Waals surface area contributed by atoms with Crippen molar-refractivity contribution >= 4 is 22.6 Å². The summed E-state index contributed by atoms with van der Waals surface area (Å²) in [6.45, 7) is 7.87. The molecule has 0 saturated carbocycles. The van der Waals surface area contributed by atoms with E-state index in [1.807, 2.05) is 12.1 Å². The molecule has 23 heavy (non-hydrogen) atoms. The van der Waals surface area contributed by atoms with E-state index in [4.69, 9.17) is 16.6 Å². The maximum atomic E-state index is 6.09. The lowest BCUT2D eigenvalue weighted by atomic mass is 10.2. The minimum absolute atomic E-state index is 0.709. The number of aromatic nitrogens is 2. The highest BCUT2D eigenvalue weighted by Crippen LogP contribution is 2.22. The number of piperazine rings is 1. The zero-order valence-corrected chi connectivity index (χ0v) is 14.4. The molecule has 1 atom stereocenters. The highest BCUT2D eigenvalue weighted by Gasteiger charge is 2.29. The molecule has 1 aromatic heterocycles. The van der Waals surface area contributed by atoms with E-state index in [1.54, 1.807) is 0 Å². The number of fused-ring (bicyclic) bond motifs is 1. The predicted molar refractivity (Wildman–Crippen MR) is 93.8 cm³/mol. The Labute approximate surface area is 142 Å². The topological polar surface area (TPSA) is 36.3 Å². The van der Waals surface area contributed by atoms with E-state index in [0.29, 0.717) is 6.04 Å². The second-order valence-electron chi connectivity index (χ2n) is 6.68. The Kier molecular flexibility index (Phi) is 4.28. The molecule has 3 heterocycles. The summed E-state index contributed by atoms with van der Waals surface area (Å²) in [6.07, 6.45) is 1.27. The lowest BCUT2D eigenvalue weighted by molar-refractivity contribution is 0.169. The quantitative estimate of drug-likeness (QED) is 0.927. The first-order valence-corrected chi connectivity index (χ1v) is 8.86. The van der Waals surface area contributed by atoms with Crippen molar-refractivity contribution in [3.63, 3.8) is 0 Å². The fourth-order valence-electron chi connectivity index (χ4n) is 3.87. The molecule has 4 rings (SSSR count). The summed E-state index contributed by atoms with van der Waals surface area (Å²) >= 11 is 6.09. The average molecular weight is 334 g/mol. The molecule has 0 bridgehead atoms. The van der Waals surface area contributed by atoms with Gasteiger partial charge in [-0.15, -0.1) is 0 Å². The monoisotopic (exact) mass is 333 g/mol. The van der Waals surface area contributed by atoms with Crippen molar-refractivity contribution in [2.75, 3.05) is 39.3 Å². The zero-order chi connectivity index (χ0) is 15.8. The van der Waals surface area contributed by atoms with Gasteiger partial charge in [0.15, 0.2) is 0 Å². The largest absolute Gasteiger partial charge is 0.330 e. The minimum Gasteiger partial charge on any atom is -0.330 e. The number of halogens is 1. The van der Waals surface area contributed by atoms with E-state index in [0.717, 1.165) is 48.1 Å². The Balaban J connectivity index is 1.45. The molecule has 1 aromatic carbocycles. The van der Waals surface area contributed by atoms with Crippen LogP contribution in [0.2, 0.25) is 5.02 Å². The minimum atomic E-state index is 0.709. The first-order valence-electron chi connectivity index (χ1n) is 8.49. The van der Waals surface area contributed by atoms with E-state index < -0.39 is 0 Å². The summed E-state index contributed by atoms with van der Waals surface area (Å²) in [7, 11) is 2.10. The molecule has 1 N–H and O–H groups in total. The third kappa shape index (κ3) is 3.11. The normalized spacial score (nSPS) is 23.8. The third-order valence-electron chi connectivity index (χ3n) is 5.22. The smallest absolute Gasteiger partial charge is 0.123 e. The second kappa shape index (κ2) is 6.40. The van der Waals surface area contributed by atoms with Crippen LogP contribution in [0.25, 0.3) is 11.0 Å². The highest BCUT2D eigenvalue weighted by atomic mass is 35.5. The van der Waals surface area contributed by atoms with Crippen LogP contribution in [0.4, 0.5) is 0 Å². The van der Waals surface area contributed by atoms with Gasteiger partial charge in [-0.2, -0.15) is 0 Å². The van der Waals surface area contributed by atoms with Crippen LogP contribution in [0.1, 0.15) is 12.2 Å². The van der Waals surface area contributed by atoms with Gasteiger partial charge in [-0.1, -0.05) is 11.6 Å². The van der Waals surface area contributed by atoms with E-state index in [9.17, 15) is 0 Å². The van der Waals surface area contributed by atoms with Crippen LogP contribution in [-0.2, 0) is 13.6 Å². The molecule has 5 nitrogen and oxygen atoms in total. The number of nitrogens with one attached hydrogen (secondary N) is 1. The fourth-order valence-corrected chi connectivity index (χ4v) is 4.03. The van der Waals surface area contributed by atoms with Crippen LogP contribution >= 0.6 is 11.6 Å². The molecule has 2 aromatic rings. The van der Waals surface area contributed by atoms with Crippen LogP contribution in [0.3, 0.4) is 0 Å². The Morgan fingerprint density at radius 3 is 2.91 bits per heavy atom. The molecule has 2 aliphatic heterocycles. The summed E-state index contributed by atoms with van der Waals surface area (Å²) in [5.74, 6) is 1.13. The highest BCUT2D eigenvalue weighted by molar-refractivity contribution is 6.31. The Bertz CT molecular complexity index is 692. The zero-order valence-electron chi connectivity index (χ0n) is 13.6. The SMILES string of the molecule is Cn1c(CN2CCC(N3CCNCC3)C2)nc2cc(Cl)ccc21. The number of benzene rings is 1. The van der Waals surface area contributed by atoms with Gasteiger partial charge >= 0.3 is 0 Å². The van der Waals surface area contributed by atoms with E-state index in [1.165, 1.54) is 26.1 Å². The van der Waals surface area contributed by atoms with Gasteiger partial charge in [0.05, 0.1) is 17.6 Å². The van der Waals surface area contributed by atoms with E-state index >= 15 is 0 Å². The number of hydrogen-bond acceptors (Lipinski definition) is 4. The standard InChI is InChI=1S/C17H24ClN5/c1-21-16-3-2-13(18)10-15(16)20-17(21)12-22-7-4-14(11-22)23-8-5-19-6-9-23/h2-3,10,14,19H,4-9,11-12H2,1H3. The lowest BCUT2D eigenvalue weighted by Crippen LogP contribution is -2.49. The lowest BCUT2D eigenvalue weighted by Gasteiger charge is -2.32. The van der Waals surface area contributed by atoms with Gasteiger partial charge in [-0.3, -0.25) is 9.80 Å². The third-order valence-corrected chi connectivity index (χ3v) is 5.45. The van der Waals surface area contributed by atoms with Gasteiger partial charge in [0.25, 0.3) is 0 Å². The molecule has 2 fully saturated rings. The Morgan fingerprint density at radius 1 is 1.26 bits per heavy atom. The number of rotatable bonds is 3. The maximum Gasteiger partial charge on any atom is 0.123 e. The van der Waals surface area contributed by atoms with Gasteiger partial charge < -0.3 is 9.88 Å². The van der Waals surface area contributed by atoms with Gasteiger partial charge in [-0.25, -0.2) is 4.98 Å². The van der Waals surface area contributed by atoms with Gasteiger partial charge in [-0.05, 0) is 24.6 Å². The number of aryl methyl sites for hydroxylation is 1.